The number of pyridine rings is 1. The Morgan fingerprint density at radius 2 is 1.68 bits per heavy atom. The summed E-state index contributed by atoms with van der Waals surface area (Å²) in [5.41, 5.74) is 7.74. The molecule has 2 N–H and O–H groups in total. The summed E-state index contributed by atoms with van der Waals surface area (Å²) in [5, 5.41) is 13.6. The van der Waals surface area contributed by atoms with E-state index in [9.17, 15) is 14.7 Å². The van der Waals surface area contributed by atoms with E-state index in [0.29, 0.717) is 17.7 Å². The second-order valence-corrected chi connectivity index (χ2v) is 9.53. The van der Waals surface area contributed by atoms with E-state index in [1.165, 1.54) is 0 Å². The number of aryl methyl sites for hydroxylation is 1. The third-order valence-corrected chi connectivity index (χ3v) is 7.14. The molecule has 38 heavy (non-hydrogen) atoms. The van der Waals surface area contributed by atoms with Gasteiger partial charge in [-0.25, -0.2) is 4.79 Å². The van der Waals surface area contributed by atoms with Gasteiger partial charge in [0.15, 0.2) is 0 Å². The maximum atomic E-state index is 13.0. The van der Waals surface area contributed by atoms with Crippen LogP contribution in [-0.2, 0) is 6.54 Å². The Morgan fingerprint density at radius 1 is 0.947 bits per heavy atom. The molecule has 0 aliphatic heterocycles. The normalized spacial score (nSPS) is 11.9. The first-order valence-electron chi connectivity index (χ1n) is 12.6. The minimum absolute atomic E-state index is 0.132. The lowest BCUT2D eigenvalue weighted by atomic mass is 9.99. The van der Waals surface area contributed by atoms with Crippen molar-refractivity contribution in [1.29, 1.82) is 0 Å². The Balaban J connectivity index is 1.39. The summed E-state index contributed by atoms with van der Waals surface area (Å²) < 4.78 is 2.25. The molecule has 190 valence electrons. The fourth-order valence-corrected chi connectivity index (χ4v) is 4.87. The highest BCUT2D eigenvalue weighted by atomic mass is 16.4. The lowest BCUT2D eigenvalue weighted by molar-refractivity contribution is 0.0697. The molecule has 5 aromatic rings. The van der Waals surface area contributed by atoms with Gasteiger partial charge in [0, 0.05) is 34.9 Å². The van der Waals surface area contributed by atoms with Crippen LogP contribution in [-0.4, -0.2) is 26.5 Å². The molecule has 0 bridgehead atoms. The van der Waals surface area contributed by atoms with Crippen LogP contribution in [0.25, 0.3) is 22.0 Å². The predicted molar refractivity (Wildman–Crippen MR) is 149 cm³/mol. The molecule has 0 saturated carbocycles. The van der Waals surface area contributed by atoms with Crippen molar-refractivity contribution in [2.24, 2.45) is 0 Å². The molecule has 1 amide bonds. The summed E-state index contributed by atoms with van der Waals surface area (Å²) in [6, 6.07) is 26.4. The van der Waals surface area contributed by atoms with E-state index in [1.807, 2.05) is 79.7 Å². The number of amides is 1. The topological polar surface area (TPSA) is 84.2 Å². The van der Waals surface area contributed by atoms with Crippen molar-refractivity contribution < 1.29 is 14.7 Å². The zero-order valence-electron chi connectivity index (χ0n) is 21.6. The number of fused-ring (bicyclic) bond motifs is 1. The average Bonchev–Trinajstić information content (AvgIpc) is 3.18. The predicted octanol–water partition coefficient (Wildman–Crippen LogP) is 6.56. The standard InChI is InChI=1S/C32H29N3O3/c1-20-22(3)35(19-23-11-13-24(14-12-23)26-8-4-5-9-27(26)32(37)38)30-16-15-25(18-28(20)30)31(36)34-21(2)29-10-6-7-17-33-29/h4-18,21H,19H2,1-3H3,(H,34,36)(H,37,38). The fraction of sp³-hybridized carbons (Fsp3) is 0.156. The van der Waals surface area contributed by atoms with E-state index < -0.39 is 5.97 Å². The van der Waals surface area contributed by atoms with Crippen LogP contribution in [0.2, 0.25) is 0 Å². The van der Waals surface area contributed by atoms with E-state index >= 15 is 0 Å². The Bertz CT molecular complexity index is 1640. The van der Waals surface area contributed by atoms with Crippen molar-refractivity contribution in [3.05, 3.63) is 125 Å². The molecule has 0 spiro atoms. The molecule has 6 nitrogen and oxygen atoms in total. The van der Waals surface area contributed by atoms with E-state index in [0.717, 1.165) is 39.0 Å². The van der Waals surface area contributed by atoms with Crippen LogP contribution < -0.4 is 5.32 Å². The Morgan fingerprint density at radius 3 is 2.39 bits per heavy atom. The van der Waals surface area contributed by atoms with Gasteiger partial charge in [-0.3, -0.25) is 9.78 Å². The van der Waals surface area contributed by atoms with Gasteiger partial charge in [-0.2, -0.15) is 0 Å². The minimum Gasteiger partial charge on any atom is -0.478 e. The summed E-state index contributed by atoms with van der Waals surface area (Å²) in [5.74, 6) is -1.07. The first kappa shape index (κ1) is 25.0. The van der Waals surface area contributed by atoms with Crippen molar-refractivity contribution in [2.45, 2.75) is 33.4 Å². The third-order valence-electron chi connectivity index (χ3n) is 7.14. The van der Waals surface area contributed by atoms with Crippen LogP contribution in [0, 0.1) is 13.8 Å². The van der Waals surface area contributed by atoms with Crippen molar-refractivity contribution >= 4 is 22.8 Å². The highest BCUT2D eigenvalue weighted by Crippen LogP contribution is 2.29. The number of hydrogen-bond acceptors (Lipinski definition) is 3. The minimum atomic E-state index is -0.936. The van der Waals surface area contributed by atoms with Gasteiger partial charge in [0.05, 0.1) is 17.3 Å². The molecule has 6 heteroatoms. The van der Waals surface area contributed by atoms with Crippen molar-refractivity contribution in [2.75, 3.05) is 0 Å². The van der Waals surface area contributed by atoms with Gasteiger partial charge in [0.25, 0.3) is 5.91 Å². The smallest absolute Gasteiger partial charge is 0.336 e. The highest BCUT2D eigenvalue weighted by molar-refractivity contribution is 5.99. The lowest BCUT2D eigenvalue weighted by Gasteiger charge is -2.14. The van der Waals surface area contributed by atoms with E-state index in [1.54, 1.807) is 18.3 Å². The largest absolute Gasteiger partial charge is 0.478 e. The lowest BCUT2D eigenvalue weighted by Crippen LogP contribution is -2.27. The van der Waals surface area contributed by atoms with Crippen LogP contribution >= 0.6 is 0 Å². The highest BCUT2D eigenvalue weighted by Gasteiger charge is 2.17. The quantitative estimate of drug-likeness (QED) is 0.264. The number of carboxylic acid groups (broad SMARTS) is 1. The van der Waals surface area contributed by atoms with Crippen molar-refractivity contribution in [1.82, 2.24) is 14.9 Å². The van der Waals surface area contributed by atoms with Gasteiger partial charge in [0.1, 0.15) is 0 Å². The molecular weight excluding hydrogens is 474 g/mol. The summed E-state index contributed by atoms with van der Waals surface area (Å²) in [6.45, 7) is 6.77. The third kappa shape index (κ3) is 4.81. The van der Waals surface area contributed by atoms with Crippen molar-refractivity contribution in [3.8, 4) is 11.1 Å². The van der Waals surface area contributed by atoms with Gasteiger partial charge < -0.3 is 15.0 Å². The zero-order valence-corrected chi connectivity index (χ0v) is 21.6. The number of aromatic carboxylic acids is 1. The van der Waals surface area contributed by atoms with Gasteiger partial charge in [-0.15, -0.1) is 0 Å². The van der Waals surface area contributed by atoms with Crippen LogP contribution in [0.5, 0.6) is 0 Å². The van der Waals surface area contributed by atoms with Crippen LogP contribution in [0.1, 0.15) is 56.2 Å². The maximum absolute atomic E-state index is 13.0. The van der Waals surface area contributed by atoms with Gasteiger partial charge in [-0.1, -0.05) is 48.5 Å². The van der Waals surface area contributed by atoms with Gasteiger partial charge >= 0.3 is 5.97 Å². The number of carboxylic acids is 1. The molecule has 0 aliphatic rings. The number of benzene rings is 3. The van der Waals surface area contributed by atoms with Gasteiger partial charge in [-0.05, 0) is 79.4 Å². The Kier molecular flexibility index (Phi) is 6.79. The molecule has 1 atom stereocenters. The zero-order chi connectivity index (χ0) is 26.8. The number of nitrogens with one attached hydrogen (secondary N) is 1. The number of nitrogens with zero attached hydrogens (tertiary/aromatic N) is 2. The number of carbonyl (C=O) groups excluding carboxylic acids is 1. The molecule has 2 aromatic heterocycles. The van der Waals surface area contributed by atoms with Crippen LogP contribution in [0.4, 0.5) is 0 Å². The Labute approximate surface area is 221 Å². The van der Waals surface area contributed by atoms with E-state index in [-0.39, 0.29) is 17.5 Å². The SMILES string of the molecule is Cc1c(C)n(Cc2ccc(-c3ccccc3C(=O)O)cc2)c2ccc(C(=O)NC(C)c3ccccn3)cc12. The molecule has 1 unspecified atom stereocenters. The number of hydrogen-bond donors (Lipinski definition) is 2. The molecule has 5 rings (SSSR count). The molecule has 0 fully saturated rings. The molecule has 2 heterocycles. The summed E-state index contributed by atoms with van der Waals surface area (Å²) >= 11 is 0. The summed E-state index contributed by atoms with van der Waals surface area (Å²) in [7, 11) is 0. The monoisotopic (exact) mass is 503 g/mol. The molecule has 0 aliphatic carbocycles. The number of carbonyl (C=O) groups is 2. The molecule has 0 saturated heterocycles. The molecule has 3 aromatic carbocycles. The van der Waals surface area contributed by atoms with E-state index in [4.69, 9.17) is 0 Å². The summed E-state index contributed by atoms with van der Waals surface area (Å²) in [6.07, 6.45) is 1.72. The maximum Gasteiger partial charge on any atom is 0.336 e. The average molecular weight is 504 g/mol. The molecular formula is C32H29N3O3. The number of aromatic nitrogens is 2. The molecule has 0 radical (unpaired) electrons. The summed E-state index contributed by atoms with van der Waals surface area (Å²) in [4.78, 5) is 29.0. The Hall–Kier alpha value is -4.71. The van der Waals surface area contributed by atoms with Crippen molar-refractivity contribution in [3.63, 3.8) is 0 Å². The van der Waals surface area contributed by atoms with Gasteiger partial charge in [0.2, 0.25) is 0 Å². The second-order valence-electron chi connectivity index (χ2n) is 9.53. The first-order chi connectivity index (χ1) is 18.3. The first-order valence-corrected chi connectivity index (χ1v) is 12.6. The fourth-order valence-electron chi connectivity index (χ4n) is 4.87. The van der Waals surface area contributed by atoms with Crippen LogP contribution in [0.3, 0.4) is 0 Å². The van der Waals surface area contributed by atoms with E-state index in [2.05, 4.69) is 28.7 Å². The number of rotatable bonds is 7. The second kappa shape index (κ2) is 10.3. The van der Waals surface area contributed by atoms with Crippen LogP contribution in [0.15, 0.2) is 91.1 Å².